The van der Waals surface area contributed by atoms with Gasteiger partial charge in [0.25, 0.3) is 0 Å². The number of aromatic hydroxyl groups is 1. The van der Waals surface area contributed by atoms with Crippen molar-refractivity contribution in [3.63, 3.8) is 0 Å². The van der Waals surface area contributed by atoms with Crippen LogP contribution in [0.25, 0.3) is 0 Å². The van der Waals surface area contributed by atoms with E-state index in [4.69, 9.17) is 17.3 Å². The Bertz CT molecular complexity index is 421. The molecule has 0 atom stereocenters. The highest BCUT2D eigenvalue weighted by Crippen LogP contribution is 2.21. The van der Waals surface area contributed by atoms with Crippen molar-refractivity contribution in [2.75, 3.05) is 11.9 Å². The van der Waals surface area contributed by atoms with E-state index in [2.05, 4.69) is 10.6 Å². The minimum Gasteiger partial charge on any atom is -0.507 e. The van der Waals surface area contributed by atoms with E-state index in [-0.39, 0.29) is 11.3 Å². The van der Waals surface area contributed by atoms with Crippen LogP contribution in [0.2, 0.25) is 0 Å². The van der Waals surface area contributed by atoms with Gasteiger partial charge in [0.15, 0.2) is 5.11 Å². The molecule has 6 heteroatoms. The van der Waals surface area contributed by atoms with E-state index in [0.717, 1.165) is 0 Å². The standard InChI is InChI=1S/C10H12N2O3S/c1-2-11-10(16)12-6-3-4-8(13)7(5-6)9(14)15/h3-5,13H,2H2,1H3,(H,14,15)(H2,11,12,16). The van der Waals surface area contributed by atoms with Crippen LogP contribution in [0.5, 0.6) is 5.75 Å². The Labute approximate surface area is 98.1 Å². The molecule has 0 aliphatic rings. The Hall–Kier alpha value is -1.82. The van der Waals surface area contributed by atoms with Gasteiger partial charge in [0, 0.05) is 12.2 Å². The molecule has 0 heterocycles. The van der Waals surface area contributed by atoms with Crippen LogP contribution in [0.15, 0.2) is 18.2 Å². The third kappa shape index (κ3) is 3.09. The van der Waals surface area contributed by atoms with Gasteiger partial charge in [0.1, 0.15) is 11.3 Å². The smallest absolute Gasteiger partial charge is 0.339 e. The summed E-state index contributed by atoms with van der Waals surface area (Å²) in [5.41, 5.74) is 0.352. The monoisotopic (exact) mass is 240 g/mol. The molecule has 16 heavy (non-hydrogen) atoms. The highest BCUT2D eigenvalue weighted by molar-refractivity contribution is 7.80. The van der Waals surface area contributed by atoms with Gasteiger partial charge >= 0.3 is 5.97 Å². The van der Waals surface area contributed by atoms with Crippen LogP contribution < -0.4 is 10.6 Å². The SMILES string of the molecule is CCNC(=S)Nc1ccc(O)c(C(=O)O)c1. The number of carboxylic acids is 1. The molecule has 0 unspecified atom stereocenters. The van der Waals surface area contributed by atoms with Crippen LogP contribution in [0.3, 0.4) is 0 Å². The molecule has 86 valence electrons. The zero-order valence-corrected chi connectivity index (χ0v) is 9.47. The average Bonchev–Trinajstić information content (AvgIpc) is 2.21. The van der Waals surface area contributed by atoms with Crippen LogP contribution in [0.4, 0.5) is 5.69 Å². The maximum atomic E-state index is 10.7. The van der Waals surface area contributed by atoms with E-state index in [0.29, 0.717) is 17.3 Å². The van der Waals surface area contributed by atoms with Crippen molar-refractivity contribution in [2.45, 2.75) is 6.92 Å². The van der Waals surface area contributed by atoms with Crippen molar-refractivity contribution in [1.82, 2.24) is 5.32 Å². The number of carboxylic acid groups (broad SMARTS) is 1. The van der Waals surface area contributed by atoms with Crippen LogP contribution in [0.1, 0.15) is 17.3 Å². The fourth-order valence-electron chi connectivity index (χ4n) is 1.12. The second-order valence-corrected chi connectivity index (χ2v) is 3.43. The minimum absolute atomic E-state index is 0.163. The first-order valence-corrected chi connectivity index (χ1v) is 5.06. The van der Waals surface area contributed by atoms with Gasteiger partial charge in [-0.15, -0.1) is 0 Å². The van der Waals surface area contributed by atoms with Gasteiger partial charge in [-0.3, -0.25) is 0 Å². The molecular formula is C10H12N2O3S. The minimum atomic E-state index is -1.18. The maximum absolute atomic E-state index is 10.7. The van der Waals surface area contributed by atoms with E-state index in [1.165, 1.54) is 12.1 Å². The Balaban J connectivity index is 2.87. The van der Waals surface area contributed by atoms with Crippen LogP contribution >= 0.6 is 12.2 Å². The molecule has 0 fully saturated rings. The highest BCUT2D eigenvalue weighted by Gasteiger charge is 2.10. The van der Waals surface area contributed by atoms with Crippen molar-refractivity contribution >= 4 is 29.0 Å². The fraction of sp³-hybridized carbons (Fsp3) is 0.200. The number of carbonyl (C=O) groups is 1. The number of aromatic carboxylic acids is 1. The maximum Gasteiger partial charge on any atom is 0.339 e. The predicted octanol–water partition coefficient (Wildman–Crippen LogP) is 1.40. The van der Waals surface area contributed by atoms with Gasteiger partial charge in [-0.1, -0.05) is 0 Å². The molecule has 0 saturated carbocycles. The Morgan fingerprint density at radius 1 is 1.50 bits per heavy atom. The number of rotatable bonds is 3. The Kier molecular flexibility index (Phi) is 4.07. The lowest BCUT2D eigenvalue weighted by molar-refractivity contribution is 0.0694. The first kappa shape index (κ1) is 12.3. The van der Waals surface area contributed by atoms with E-state index in [9.17, 15) is 9.90 Å². The molecule has 0 spiro atoms. The molecule has 0 aliphatic carbocycles. The van der Waals surface area contributed by atoms with Crippen molar-refractivity contribution in [3.05, 3.63) is 23.8 Å². The van der Waals surface area contributed by atoms with Gasteiger partial charge in [-0.25, -0.2) is 4.79 Å². The lowest BCUT2D eigenvalue weighted by atomic mass is 10.2. The van der Waals surface area contributed by atoms with Gasteiger partial charge in [-0.05, 0) is 37.3 Å². The van der Waals surface area contributed by atoms with E-state index < -0.39 is 5.97 Å². The second-order valence-electron chi connectivity index (χ2n) is 3.02. The third-order valence-corrected chi connectivity index (χ3v) is 2.07. The molecule has 0 saturated heterocycles. The van der Waals surface area contributed by atoms with Gasteiger partial charge in [0.2, 0.25) is 0 Å². The van der Waals surface area contributed by atoms with Crippen molar-refractivity contribution in [1.29, 1.82) is 0 Å². The number of anilines is 1. The summed E-state index contributed by atoms with van der Waals surface area (Å²) in [5, 5.41) is 24.2. The second kappa shape index (κ2) is 5.32. The van der Waals surface area contributed by atoms with Gasteiger partial charge in [0.05, 0.1) is 0 Å². The van der Waals surface area contributed by atoms with Crippen LogP contribution in [0, 0.1) is 0 Å². The van der Waals surface area contributed by atoms with Crippen LogP contribution in [-0.2, 0) is 0 Å². The number of nitrogens with one attached hydrogen (secondary N) is 2. The third-order valence-electron chi connectivity index (χ3n) is 1.82. The Morgan fingerprint density at radius 3 is 2.75 bits per heavy atom. The van der Waals surface area contributed by atoms with E-state index in [1.807, 2.05) is 6.92 Å². The molecule has 1 aromatic rings. The molecule has 5 nitrogen and oxygen atoms in total. The quantitative estimate of drug-likeness (QED) is 0.472. The summed E-state index contributed by atoms with van der Waals surface area (Å²) in [7, 11) is 0. The van der Waals surface area contributed by atoms with Crippen LogP contribution in [-0.4, -0.2) is 27.8 Å². The molecule has 1 rings (SSSR count). The zero-order chi connectivity index (χ0) is 12.1. The molecule has 0 aliphatic heterocycles. The number of phenols is 1. The largest absolute Gasteiger partial charge is 0.507 e. The van der Waals surface area contributed by atoms with E-state index in [1.54, 1.807) is 6.07 Å². The van der Waals surface area contributed by atoms with E-state index >= 15 is 0 Å². The summed E-state index contributed by atoms with van der Waals surface area (Å²) in [4.78, 5) is 10.7. The summed E-state index contributed by atoms with van der Waals surface area (Å²) in [5.74, 6) is -1.46. The van der Waals surface area contributed by atoms with Crippen molar-refractivity contribution in [2.24, 2.45) is 0 Å². The number of hydrogen-bond acceptors (Lipinski definition) is 3. The topological polar surface area (TPSA) is 81.6 Å². The summed E-state index contributed by atoms with van der Waals surface area (Å²) in [6.07, 6.45) is 0. The van der Waals surface area contributed by atoms with Gasteiger partial charge in [-0.2, -0.15) is 0 Å². The molecule has 0 aromatic heterocycles. The first-order chi connectivity index (χ1) is 7.54. The summed E-state index contributed by atoms with van der Waals surface area (Å²) < 4.78 is 0. The number of thiocarbonyl (C=S) groups is 1. The summed E-state index contributed by atoms with van der Waals surface area (Å²) in [6.45, 7) is 2.57. The van der Waals surface area contributed by atoms with Crippen molar-refractivity contribution in [3.8, 4) is 5.75 Å². The molecule has 4 N–H and O–H groups in total. The molecular weight excluding hydrogens is 228 g/mol. The molecule has 0 bridgehead atoms. The average molecular weight is 240 g/mol. The first-order valence-electron chi connectivity index (χ1n) is 4.65. The lowest BCUT2D eigenvalue weighted by Crippen LogP contribution is -2.27. The normalized spacial score (nSPS) is 9.56. The summed E-state index contributed by atoms with van der Waals surface area (Å²) >= 11 is 4.94. The summed E-state index contributed by atoms with van der Waals surface area (Å²) in [6, 6.07) is 4.17. The van der Waals surface area contributed by atoms with Crippen molar-refractivity contribution < 1.29 is 15.0 Å². The predicted molar refractivity (Wildman–Crippen MR) is 65.0 cm³/mol. The molecule has 0 amide bonds. The van der Waals surface area contributed by atoms with Gasteiger partial charge < -0.3 is 20.8 Å². The molecule has 0 radical (unpaired) electrons. The fourth-order valence-corrected chi connectivity index (χ4v) is 1.38. The molecule has 1 aromatic carbocycles. The number of hydrogen-bond donors (Lipinski definition) is 4. The lowest BCUT2D eigenvalue weighted by Gasteiger charge is -2.09. The zero-order valence-electron chi connectivity index (χ0n) is 8.65. The Morgan fingerprint density at radius 2 is 2.19 bits per heavy atom. The number of benzene rings is 1. The highest BCUT2D eigenvalue weighted by atomic mass is 32.1.